The molecular weight excluding hydrogens is 453 g/mol. The van der Waals surface area contributed by atoms with Gasteiger partial charge in [0.15, 0.2) is 0 Å². The number of rotatable bonds is 9. The van der Waals surface area contributed by atoms with Crippen molar-refractivity contribution in [2.75, 3.05) is 35.9 Å². The smallest absolute Gasteiger partial charge is 0.261 e. The highest BCUT2D eigenvalue weighted by Crippen LogP contribution is 2.27. The van der Waals surface area contributed by atoms with E-state index in [2.05, 4.69) is 26.7 Å². The molecule has 0 bridgehead atoms. The first-order valence-electron chi connectivity index (χ1n) is 11.5. The van der Waals surface area contributed by atoms with Crippen LogP contribution in [0.3, 0.4) is 0 Å². The molecule has 0 saturated carbocycles. The summed E-state index contributed by atoms with van der Waals surface area (Å²) in [5.74, 6) is -0.481. The summed E-state index contributed by atoms with van der Waals surface area (Å²) < 4.78 is 41.1. The molecule has 0 atom stereocenters. The molecule has 6 nitrogen and oxygen atoms in total. The fourth-order valence-corrected chi connectivity index (χ4v) is 5.47. The number of halogens is 1. The van der Waals surface area contributed by atoms with E-state index < -0.39 is 15.8 Å². The van der Waals surface area contributed by atoms with Crippen molar-refractivity contribution in [3.63, 3.8) is 0 Å². The van der Waals surface area contributed by atoms with Crippen LogP contribution in [0.2, 0.25) is 0 Å². The van der Waals surface area contributed by atoms with E-state index in [9.17, 15) is 17.9 Å². The third kappa shape index (κ3) is 6.14. The van der Waals surface area contributed by atoms with Crippen LogP contribution in [0.25, 0.3) is 0 Å². The normalized spacial score (nSPS) is 15.0. The van der Waals surface area contributed by atoms with E-state index in [0.717, 1.165) is 50.3 Å². The molecule has 0 aromatic heterocycles. The molecule has 3 aromatic rings. The van der Waals surface area contributed by atoms with Gasteiger partial charge in [0.05, 0.1) is 17.2 Å². The van der Waals surface area contributed by atoms with Gasteiger partial charge in [0.1, 0.15) is 5.82 Å². The van der Waals surface area contributed by atoms with Crippen molar-refractivity contribution in [2.24, 2.45) is 0 Å². The van der Waals surface area contributed by atoms with E-state index >= 15 is 0 Å². The number of anilines is 2. The molecule has 0 radical (unpaired) electrons. The van der Waals surface area contributed by atoms with E-state index in [1.807, 2.05) is 36.4 Å². The molecule has 3 aromatic carbocycles. The van der Waals surface area contributed by atoms with Gasteiger partial charge in [-0.15, -0.1) is 0 Å². The Kier molecular flexibility index (Phi) is 7.82. The van der Waals surface area contributed by atoms with Gasteiger partial charge in [-0.2, -0.15) is 0 Å². The first kappa shape index (κ1) is 24.2. The lowest BCUT2D eigenvalue weighted by atomic mass is 10.0. The van der Waals surface area contributed by atoms with Crippen LogP contribution < -0.4 is 9.62 Å². The maximum Gasteiger partial charge on any atom is 0.261 e. The van der Waals surface area contributed by atoms with Crippen LogP contribution in [0.15, 0.2) is 83.8 Å². The standard InChI is InChI=1S/C26H30FN3O3S/c27-22-9-11-26(12-10-22)34(32,33)28-23-7-4-8-25(19-23)29-15-13-24(14-16-29)30(17-18-31)20-21-5-2-1-3-6-21/h1-12,19,24,28,31H,13-18,20H2. The third-order valence-corrected chi connectivity index (χ3v) is 7.58. The molecule has 34 heavy (non-hydrogen) atoms. The predicted molar refractivity (Wildman–Crippen MR) is 133 cm³/mol. The van der Waals surface area contributed by atoms with Crippen molar-refractivity contribution in [3.05, 3.63) is 90.2 Å². The summed E-state index contributed by atoms with van der Waals surface area (Å²) in [5, 5.41) is 9.57. The Balaban J connectivity index is 1.39. The molecule has 1 aliphatic rings. The maximum absolute atomic E-state index is 13.2. The summed E-state index contributed by atoms with van der Waals surface area (Å²) in [6.07, 6.45) is 1.91. The second-order valence-electron chi connectivity index (χ2n) is 8.51. The van der Waals surface area contributed by atoms with Crippen LogP contribution >= 0.6 is 0 Å². The van der Waals surface area contributed by atoms with Gasteiger partial charge in [0, 0.05) is 37.9 Å². The van der Waals surface area contributed by atoms with Crippen molar-refractivity contribution < 1.29 is 17.9 Å². The van der Waals surface area contributed by atoms with E-state index in [-0.39, 0.29) is 11.5 Å². The molecule has 4 rings (SSSR count). The van der Waals surface area contributed by atoms with Crippen LogP contribution in [0.5, 0.6) is 0 Å². The Hall–Kier alpha value is -2.94. The summed E-state index contributed by atoms with van der Waals surface area (Å²) in [7, 11) is -3.80. The Morgan fingerprint density at radius 3 is 2.35 bits per heavy atom. The van der Waals surface area contributed by atoms with Crippen LogP contribution in [-0.2, 0) is 16.6 Å². The van der Waals surface area contributed by atoms with Gasteiger partial charge < -0.3 is 10.0 Å². The minimum absolute atomic E-state index is 0.0162. The summed E-state index contributed by atoms with van der Waals surface area (Å²) >= 11 is 0. The quantitative estimate of drug-likeness (QED) is 0.480. The summed E-state index contributed by atoms with van der Waals surface area (Å²) in [4.78, 5) is 4.62. The molecule has 8 heteroatoms. The molecule has 0 amide bonds. The van der Waals surface area contributed by atoms with Crippen molar-refractivity contribution in [2.45, 2.75) is 30.3 Å². The monoisotopic (exact) mass is 483 g/mol. The number of nitrogens with one attached hydrogen (secondary N) is 1. The summed E-state index contributed by atoms with van der Waals surface area (Å²) in [6, 6.07) is 22.8. The Morgan fingerprint density at radius 2 is 1.68 bits per heavy atom. The second kappa shape index (κ2) is 11.0. The van der Waals surface area contributed by atoms with E-state index in [0.29, 0.717) is 18.3 Å². The number of hydrogen-bond acceptors (Lipinski definition) is 5. The summed E-state index contributed by atoms with van der Waals surface area (Å²) in [6.45, 7) is 3.27. The van der Waals surface area contributed by atoms with Crippen LogP contribution in [0.4, 0.5) is 15.8 Å². The van der Waals surface area contributed by atoms with Crippen molar-refractivity contribution in [1.82, 2.24) is 4.90 Å². The zero-order valence-corrected chi connectivity index (χ0v) is 19.8. The molecule has 1 heterocycles. The lowest BCUT2D eigenvalue weighted by molar-refractivity contribution is 0.126. The molecule has 1 saturated heterocycles. The number of aliphatic hydroxyl groups excluding tert-OH is 1. The Morgan fingerprint density at radius 1 is 0.971 bits per heavy atom. The number of aliphatic hydroxyl groups is 1. The molecule has 0 aliphatic carbocycles. The van der Waals surface area contributed by atoms with Gasteiger partial charge in [-0.25, -0.2) is 12.8 Å². The highest BCUT2D eigenvalue weighted by atomic mass is 32.2. The van der Waals surface area contributed by atoms with Gasteiger partial charge in [0.2, 0.25) is 0 Å². The Bertz CT molecular complexity index is 1170. The topological polar surface area (TPSA) is 72.9 Å². The number of benzene rings is 3. The van der Waals surface area contributed by atoms with Crippen LogP contribution in [0.1, 0.15) is 18.4 Å². The largest absolute Gasteiger partial charge is 0.395 e. The van der Waals surface area contributed by atoms with Gasteiger partial charge >= 0.3 is 0 Å². The highest BCUT2D eigenvalue weighted by molar-refractivity contribution is 7.92. The molecule has 1 fully saturated rings. The fraction of sp³-hybridized carbons (Fsp3) is 0.308. The van der Waals surface area contributed by atoms with E-state index in [1.165, 1.54) is 17.7 Å². The average Bonchev–Trinajstić information content (AvgIpc) is 2.85. The number of sulfonamides is 1. The minimum Gasteiger partial charge on any atom is -0.395 e. The Labute approximate surface area is 200 Å². The number of hydrogen-bond donors (Lipinski definition) is 2. The predicted octanol–water partition coefficient (Wildman–Crippen LogP) is 4.09. The van der Waals surface area contributed by atoms with Gasteiger partial charge in [0.25, 0.3) is 10.0 Å². The molecule has 2 N–H and O–H groups in total. The zero-order valence-electron chi connectivity index (χ0n) is 19.0. The lowest BCUT2D eigenvalue weighted by Gasteiger charge is -2.39. The van der Waals surface area contributed by atoms with Crippen LogP contribution in [-0.4, -0.2) is 50.7 Å². The van der Waals surface area contributed by atoms with E-state index in [1.54, 1.807) is 6.07 Å². The molecule has 1 aliphatic heterocycles. The SMILES string of the molecule is O=S(=O)(Nc1cccc(N2CCC(N(CCO)Cc3ccccc3)CC2)c1)c1ccc(F)cc1. The molecule has 0 unspecified atom stereocenters. The van der Waals surface area contributed by atoms with E-state index in [4.69, 9.17) is 0 Å². The lowest BCUT2D eigenvalue weighted by Crippen LogP contribution is -2.45. The van der Waals surface area contributed by atoms with Gasteiger partial charge in [-0.05, 0) is 60.9 Å². The minimum atomic E-state index is -3.80. The van der Waals surface area contributed by atoms with Crippen molar-refractivity contribution in [1.29, 1.82) is 0 Å². The average molecular weight is 484 g/mol. The van der Waals surface area contributed by atoms with Crippen LogP contribution in [0, 0.1) is 5.82 Å². The molecular formula is C26H30FN3O3S. The van der Waals surface area contributed by atoms with Gasteiger partial charge in [-0.3, -0.25) is 9.62 Å². The highest BCUT2D eigenvalue weighted by Gasteiger charge is 2.25. The van der Waals surface area contributed by atoms with Gasteiger partial charge in [-0.1, -0.05) is 36.4 Å². The number of nitrogens with zero attached hydrogens (tertiary/aromatic N) is 2. The maximum atomic E-state index is 13.2. The first-order valence-corrected chi connectivity index (χ1v) is 13.0. The number of piperidine rings is 1. The summed E-state index contributed by atoms with van der Waals surface area (Å²) in [5.41, 5.74) is 2.66. The van der Waals surface area contributed by atoms with Crippen molar-refractivity contribution >= 4 is 21.4 Å². The first-order chi connectivity index (χ1) is 16.4. The third-order valence-electron chi connectivity index (χ3n) is 6.18. The molecule has 0 spiro atoms. The molecule has 180 valence electrons. The fourth-order valence-electron chi connectivity index (χ4n) is 4.42. The van der Waals surface area contributed by atoms with Crippen molar-refractivity contribution in [3.8, 4) is 0 Å². The second-order valence-corrected chi connectivity index (χ2v) is 10.2. The zero-order chi connectivity index (χ0) is 24.0.